The molecule has 108 valence electrons. The molecular weight excluding hydrogens is 274 g/mol. The maximum absolute atomic E-state index is 11.9. The average molecular weight is 291 g/mol. The molecule has 0 bridgehead atoms. The lowest BCUT2D eigenvalue weighted by Crippen LogP contribution is -2.34. The van der Waals surface area contributed by atoms with Crippen LogP contribution in [0.2, 0.25) is 0 Å². The number of aromatic nitrogens is 1. The summed E-state index contributed by atoms with van der Waals surface area (Å²) >= 11 is 0. The molecule has 0 aliphatic rings. The fraction of sp³-hybridized carbons (Fsp3) is 0.500. The van der Waals surface area contributed by atoms with E-state index in [2.05, 4.69) is 9.46 Å². The van der Waals surface area contributed by atoms with Crippen molar-refractivity contribution in [2.45, 2.75) is 11.0 Å². The number of rotatable bonds is 7. The number of aryl methyl sites for hydroxylation is 1. The molecule has 1 atom stereocenters. The number of aliphatic hydroxyl groups excluding tert-OH is 1. The summed E-state index contributed by atoms with van der Waals surface area (Å²) in [6, 6.07) is 1.17. The van der Waals surface area contributed by atoms with E-state index in [1.165, 1.54) is 31.0 Å². The van der Waals surface area contributed by atoms with Crippen LogP contribution in [0.15, 0.2) is 17.2 Å². The molecule has 0 aliphatic carbocycles. The summed E-state index contributed by atoms with van der Waals surface area (Å²) in [6.45, 7) is -0.166. The lowest BCUT2D eigenvalue weighted by molar-refractivity contribution is 0.0679. The van der Waals surface area contributed by atoms with Crippen LogP contribution in [0, 0.1) is 0 Å². The number of sulfonamides is 1. The first-order valence-electron chi connectivity index (χ1n) is 5.40. The monoisotopic (exact) mass is 291 g/mol. The van der Waals surface area contributed by atoms with Crippen LogP contribution in [0.25, 0.3) is 0 Å². The molecule has 4 N–H and O–H groups in total. The third-order valence-electron chi connectivity index (χ3n) is 2.41. The van der Waals surface area contributed by atoms with Gasteiger partial charge in [0.15, 0.2) is 0 Å². The van der Waals surface area contributed by atoms with Gasteiger partial charge in [0.1, 0.15) is 10.6 Å². The first kappa shape index (κ1) is 15.6. The molecule has 0 fully saturated rings. The van der Waals surface area contributed by atoms with Crippen molar-refractivity contribution in [2.24, 2.45) is 12.8 Å². The van der Waals surface area contributed by atoms with E-state index in [9.17, 15) is 18.3 Å². The summed E-state index contributed by atoms with van der Waals surface area (Å²) in [6.07, 6.45) is 0.324. The summed E-state index contributed by atoms with van der Waals surface area (Å²) < 4.78 is 32.0. The smallest absolute Gasteiger partial charge is 0.265 e. The van der Waals surface area contributed by atoms with Crippen LogP contribution < -0.4 is 10.5 Å². The molecule has 8 nitrogen and oxygen atoms in total. The highest BCUT2D eigenvalue weighted by Gasteiger charge is 2.20. The number of aliphatic hydroxyl groups is 1. The molecule has 0 aromatic carbocycles. The van der Waals surface area contributed by atoms with Crippen molar-refractivity contribution in [1.29, 1.82) is 0 Å². The minimum atomic E-state index is -3.80. The van der Waals surface area contributed by atoms with E-state index in [0.717, 1.165) is 0 Å². The number of amides is 1. The summed E-state index contributed by atoms with van der Waals surface area (Å²) in [4.78, 5) is 11.0. The quantitative estimate of drug-likeness (QED) is 0.559. The number of nitrogens with two attached hydrogens (primary N) is 1. The van der Waals surface area contributed by atoms with Gasteiger partial charge in [-0.3, -0.25) is 4.79 Å². The van der Waals surface area contributed by atoms with Crippen molar-refractivity contribution in [3.05, 3.63) is 18.0 Å². The molecule has 19 heavy (non-hydrogen) atoms. The largest absolute Gasteiger partial charge is 0.389 e. The number of primary amides is 1. The zero-order chi connectivity index (χ0) is 14.6. The zero-order valence-electron chi connectivity index (χ0n) is 10.7. The summed E-state index contributed by atoms with van der Waals surface area (Å²) in [7, 11) is -0.893. The normalized spacial score (nSPS) is 13.4. The maximum Gasteiger partial charge on any atom is 0.265 e. The van der Waals surface area contributed by atoms with Crippen LogP contribution in [0.5, 0.6) is 0 Å². The van der Waals surface area contributed by atoms with Crippen molar-refractivity contribution >= 4 is 15.9 Å². The molecule has 1 aromatic rings. The Morgan fingerprint density at radius 3 is 2.74 bits per heavy atom. The number of methoxy groups -OCH3 is 1. The fourth-order valence-electron chi connectivity index (χ4n) is 1.47. The number of hydrogen-bond acceptors (Lipinski definition) is 5. The van der Waals surface area contributed by atoms with Gasteiger partial charge in [-0.05, 0) is 6.07 Å². The molecular formula is C10H17N3O5S. The maximum atomic E-state index is 11.9. The van der Waals surface area contributed by atoms with Crippen LogP contribution in [0.4, 0.5) is 0 Å². The van der Waals surface area contributed by atoms with Gasteiger partial charge in [0, 0.05) is 26.9 Å². The van der Waals surface area contributed by atoms with Crippen LogP contribution in [-0.2, 0) is 21.8 Å². The van der Waals surface area contributed by atoms with E-state index in [1.54, 1.807) is 0 Å². The van der Waals surface area contributed by atoms with Crippen LogP contribution in [0.1, 0.15) is 10.5 Å². The minimum Gasteiger partial charge on any atom is -0.389 e. The highest BCUT2D eigenvalue weighted by atomic mass is 32.2. The topological polar surface area (TPSA) is 124 Å². The highest BCUT2D eigenvalue weighted by Crippen LogP contribution is 2.12. The van der Waals surface area contributed by atoms with Crippen molar-refractivity contribution in [3.63, 3.8) is 0 Å². The highest BCUT2D eigenvalue weighted by molar-refractivity contribution is 7.89. The number of nitrogens with one attached hydrogen (secondary N) is 1. The third kappa shape index (κ3) is 4.03. The molecule has 0 radical (unpaired) electrons. The second kappa shape index (κ2) is 6.15. The van der Waals surface area contributed by atoms with Gasteiger partial charge in [-0.2, -0.15) is 0 Å². The average Bonchev–Trinajstić information content (AvgIpc) is 2.70. The summed E-state index contributed by atoms with van der Waals surface area (Å²) in [5.41, 5.74) is 5.18. The van der Waals surface area contributed by atoms with Crippen LogP contribution in [0.3, 0.4) is 0 Å². The number of ether oxygens (including phenoxy) is 1. The second-order valence-corrected chi connectivity index (χ2v) is 5.76. The Bertz CT molecular complexity index is 552. The zero-order valence-corrected chi connectivity index (χ0v) is 11.5. The van der Waals surface area contributed by atoms with E-state index in [0.29, 0.717) is 0 Å². The van der Waals surface area contributed by atoms with E-state index in [1.807, 2.05) is 0 Å². The van der Waals surface area contributed by atoms with Gasteiger partial charge in [-0.25, -0.2) is 13.1 Å². The minimum absolute atomic E-state index is 0.0177. The third-order valence-corrected chi connectivity index (χ3v) is 3.80. The van der Waals surface area contributed by atoms with Crippen LogP contribution in [-0.4, -0.2) is 50.4 Å². The Morgan fingerprint density at radius 2 is 2.26 bits per heavy atom. The Hall–Kier alpha value is -1.42. The SMILES string of the molecule is COCC(O)CNS(=O)(=O)c1cc(C(N)=O)n(C)c1. The van der Waals surface area contributed by atoms with E-state index < -0.39 is 22.0 Å². The Labute approximate surface area is 111 Å². The second-order valence-electron chi connectivity index (χ2n) is 4.00. The van der Waals surface area contributed by atoms with Gasteiger partial charge >= 0.3 is 0 Å². The molecule has 1 amide bonds. The van der Waals surface area contributed by atoms with Gasteiger partial charge < -0.3 is 20.1 Å². The van der Waals surface area contributed by atoms with Crippen molar-refractivity contribution in [3.8, 4) is 0 Å². The number of nitrogens with zero attached hydrogens (tertiary/aromatic N) is 1. The molecule has 9 heteroatoms. The lowest BCUT2D eigenvalue weighted by atomic mass is 10.4. The van der Waals surface area contributed by atoms with E-state index in [-0.39, 0.29) is 23.7 Å². The fourth-order valence-corrected chi connectivity index (χ4v) is 2.61. The van der Waals surface area contributed by atoms with Crippen molar-refractivity contribution in [1.82, 2.24) is 9.29 Å². The molecule has 0 spiro atoms. The molecule has 0 aliphatic heterocycles. The number of hydrogen-bond donors (Lipinski definition) is 3. The summed E-state index contributed by atoms with van der Waals surface area (Å²) in [5, 5.41) is 9.38. The molecule has 0 saturated heterocycles. The standard InChI is InChI=1S/C10H17N3O5S/c1-13-5-8(3-9(13)10(11)15)19(16,17)12-4-7(14)6-18-2/h3,5,7,12,14H,4,6H2,1-2H3,(H2,11,15). The van der Waals surface area contributed by atoms with Crippen LogP contribution >= 0.6 is 0 Å². The van der Waals surface area contributed by atoms with Gasteiger partial charge in [0.2, 0.25) is 10.0 Å². The molecule has 1 heterocycles. The predicted octanol–water partition coefficient (Wildman–Crippen LogP) is -1.59. The lowest BCUT2D eigenvalue weighted by Gasteiger charge is -2.10. The Kier molecular flexibility index (Phi) is 5.06. The van der Waals surface area contributed by atoms with E-state index in [4.69, 9.17) is 5.73 Å². The van der Waals surface area contributed by atoms with Gasteiger partial charge in [0.05, 0.1) is 12.7 Å². The Balaban J connectivity index is 2.83. The number of carbonyl (C=O) groups excluding carboxylic acids is 1. The first-order chi connectivity index (χ1) is 8.77. The molecule has 0 saturated carbocycles. The molecule has 1 rings (SSSR count). The van der Waals surface area contributed by atoms with Gasteiger partial charge in [-0.15, -0.1) is 0 Å². The first-order valence-corrected chi connectivity index (χ1v) is 6.89. The predicted molar refractivity (Wildman–Crippen MR) is 67.0 cm³/mol. The van der Waals surface area contributed by atoms with Gasteiger partial charge in [0.25, 0.3) is 5.91 Å². The summed E-state index contributed by atoms with van der Waals surface area (Å²) in [5.74, 6) is -0.719. The van der Waals surface area contributed by atoms with E-state index >= 15 is 0 Å². The van der Waals surface area contributed by atoms with Crippen molar-refractivity contribution in [2.75, 3.05) is 20.3 Å². The molecule has 1 aromatic heterocycles. The molecule has 1 unspecified atom stereocenters. The Morgan fingerprint density at radius 1 is 1.63 bits per heavy atom. The number of carbonyl (C=O) groups is 1. The van der Waals surface area contributed by atoms with Gasteiger partial charge in [-0.1, -0.05) is 0 Å². The van der Waals surface area contributed by atoms with Crippen molar-refractivity contribution < 1.29 is 23.1 Å².